The van der Waals surface area contributed by atoms with Crippen LogP contribution in [0.1, 0.15) is 32.8 Å². The molecule has 0 saturated carbocycles. The van der Waals surface area contributed by atoms with Crippen LogP contribution in [0.25, 0.3) is 6.08 Å². The van der Waals surface area contributed by atoms with Crippen LogP contribution in [-0.4, -0.2) is 25.2 Å². The molecule has 0 unspecified atom stereocenters. The van der Waals surface area contributed by atoms with Crippen LogP contribution in [0.3, 0.4) is 0 Å². The summed E-state index contributed by atoms with van der Waals surface area (Å²) >= 11 is 0. The summed E-state index contributed by atoms with van der Waals surface area (Å²) in [5.41, 5.74) is 0.295. The van der Waals surface area contributed by atoms with E-state index in [1.54, 1.807) is 36.6 Å². The summed E-state index contributed by atoms with van der Waals surface area (Å²) in [6.45, 7) is 9.20. The number of carbonyl (C=O) groups excluding carboxylic acids is 2. The highest BCUT2D eigenvalue weighted by atomic mass is 16.6. The zero-order valence-electron chi connectivity index (χ0n) is 17.9. The maximum atomic E-state index is 11.8. The lowest BCUT2D eigenvalue weighted by atomic mass is 9.91. The van der Waals surface area contributed by atoms with Crippen molar-refractivity contribution in [2.24, 2.45) is 5.41 Å². The summed E-state index contributed by atoms with van der Waals surface area (Å²) in [5.74, 6) is -0.117. The van der Waals surface area contributed by atoms with Gasteiger partial charge in [0.05, 0.1) is 11.7 Å². The topological polar surface area (TPSA) is 61.8 Å². The maximum absolute atomic E-state index is 11.8. The largest absolute Gasteiger partial charge is 0.465 e. The number of carbonyl (C=O) groups is 2. The fraction of sp³-hybridized carbons (Fsp3) is 0.280. The lowest BCUT2D eigenvalue weighted by molar-refractivity contribution is -0.157. The lowest BCUT2D eigenvalue weighted by Crippen LogP contribution is -2.27. The van der Waals surface area contributed by atoms with Crippen molar-refractivity contribution in [2.75, 3.05) is 13.2 Å². The second kappa shape index (κ2) is 13.8. The van der Waals surface area contributed by atoms with E-state index >= 15 is 0 Å². The Morgan fingerprint density at radius 3 is 2.27 bits per heavy atom. The molecule has 0 bridgehead atoms. The minimum absolute atomic E-state index is 0.0195. The van der Waals surface area contributed by atoms with Gasteiger partial charge in [-0.15, -0.1) is 0 Å². The minimum atomic E-state index is -0.533. The summed E-state index contributed by atoms with van der Waals surface area (Å²) in [6, 6.07) is 7.24. The van der Waals surface area contributed by atoms with Crippen LogP contribution in [0.4, 0.5) is 0 Å². The van der Waals surface area contributed by atoms with Crippen molar-refractivity contribution in [2.45, 2.75) is 27.2 Å². The number of allylic oxidation sites excluding steroid dienone is 6. The van der Waals surface area contributed by atoms with Crippen molar-refractivity contribution in [1.29, 1.82) is 0 Å². The van der Waals surface area contributed by atoms with Crippen LogP contribution in [0.15, 0.2) is 79.6 Å². The Morgan fingerprint density at radius 2 is 1.60 bits per heavy atom. The van der Waals surface area contributed by atoms with Crippen LogP contribution in [-0.2, 0) is 19.1 Å². The molecule has 0 fully saturated rings. The van der Waals surface area contributed by atoms with Gasteiger partial charge in [0.2, 0.25) is 0 Å². The highest BCUT2D eigenvalue weighted by Crippen LogP contribution is 2.21. The van der Waals surface area contributed by atoms with Gasteiger partial charge >= 0.3 is 11.9 Å². The predicted molar refractivity (Wildman–Crippen MR) is 120 cm³/mol. The van der Waals surface area contributed by atoms with Crippen LogP contribution in [0, 0.1) is 5.41 Å². The van der Waals surface area contributed by atoms with Crippen molar-refractivity contribution >= 4 is 18.0 Å². The van der Waals surface area contributed by atoms with Crippen LogP contribution in [0.2, 0.25) is 0 Å². The van der Waals surface area contributed by atoms with E-state index < -0.39 is 11.4 Å². The third kappa shape index (κ3) is 10.3. The van der Waals surface area contributed by atoms with Crippen LogP contribution < -0.4 is 4.74 Å². The first kappa shape index (κ1) is 24.7. The summed E-state index contributed by atoms with van der Waals surface area (Å²) in [4.78, 5) is 23.6. The van der Waals surface area contributed by atoms with Gasteiger partial charge in [-0.3, -0.25) is 4.79 Å². The second-order valence-corrected chi connectivity index (χ2v) is 6.90. The maximum Gasteiger partial charge on any atom is 0.330 e. The molecular formula is C25H30O5. The van der Waals surface area contributed by atoms with Gasteiger partial charge in [-0.2, -0.15) is 0 Å². The first-order valence-electron chi connectivity index (χ1n) is 9.78. The van der Waals surface area contributed by atoms with Crippen molar-refractivity contribution in [3.8, 4) is 5.75 Å². The molecule has 0 aliphatic carbocycles. The summed E-state index contributed by atoms with van der Waals surface area (Å²) < 4.78 is 15.6. The third-order valence-electron chi connectivity index (χ3n) is 4.15. The SMILES string of the molecule is C=C/C=C/C=C/C=C/Oc1ccc(/C=C/C(=O)OCCOC(=O)C(C)(C)CC)cc1. The molecule has 160 valence electrons. The zero-order chi connectivity index (χ0) is 22.2. The molecule has 1 aromatic rings. The monoisotopic (exact) mass is 410 g/mol. The fourth-order valence-corrected chi connectivity index (χ4v) is 1.92. The van der Waals surface area contributed by atoms with E-state index in [1.165, 1.54) is 6.08 Å². The molecule has 1 rings (SSSR count). The molecule has 0 atom stereocenters. The van der Waals surface area contributed by atoms with Crippen LogP contribution >= 0.6 is 0 Å². The van der Waals surface area contributed by atoms with Gasteiger partial charge in [-0.1, -0.05) is 56.0 Å². The van der Waals surface area contributed by atoms with E-state index in [1.807, 2.05) is 57.2 Å². The van der Waals surface area contributed by atoms with E-state index in [-0.39, 0.29) is 19.2 Å². The predicted octanol–water partition coefficient (Wildman–Crippen LogP) is 5.41. The van der Waals surface area contributed by atoms with Crippen molar-refractivity contribution in [3.63, 3.8) is 0 Å². The van der Waals surface area contributed by atoms with E-state index in [0.29, 0.717) is 12.2 Å². The Hall–Kier alpha value is -3.34. The normalized spacial score (nSPS) is 12.1. The van der Waals surface area contributed by atoms with Crippen LogP contribution in [0.5, 0.6) is 5.75 Å². The highest BCUT2D eigenvalue weighted by molar-refractivity contribution is 5.87. The molecule has 0 radical (unpaired) electrons. The minimum Gasteiger partial charge on any atom is -0.465 e. The van der Waals surface area contributed by atoms with Gasteiger partial charge in [0, 0.05) is 6.08 Å². The molecule has 0 aliphatic rings. The average molecular weight is 411 g/mol. The first-order chi connectivity index (χ1) is 14.4. The quantitative estimate of drug-likeness (QED) is 0.151. The Labute approximate surface area is 179 Å². The molecule has 0 heterocycles. The number of benzene rings is 1. The number of esters is 2. The molecule has 0 amide bonds. The van der Waals surface area contributed by atoms with Gasteiger partial charge in [0.15, 0.2) is 0 Å². The smallest absolute Gasteiger partial charge is 0.330 e. The number of rotatable bonds is 12. The Bertz CT molecular complexity index is 795. The molecule has 30 heavy (non-hydrogen) atoms. The van der Waals surface area contributed by atoms with Crippen molar-refractivity contribution < 1.29 is 23.8 Å². The summed E-state index contributed by atoms with van der Waals surface area (Å²) in [7, 11) is 0. The van der Waals surface area contributed by atoms with Gasteiger partial charge in [-0.25, -0.2) is 4.79 Å². The fourth-order valence-electron chi connectivity index (χ4n) is 1.92. The van der Waals surface area contributed by atoms with E-state index in [4.69, 9.17) is 14.2 Å². The molecule has 0 N–H and O–H groups in total. The van der Waals surface area contributed by atoms with Gasteiger partial charge < -0.3 is 14.2 Å². The van der Waals surface area contributed by atoms with E-state index in [2.05, 4.69) is 6.58 Å². The highest BCUT2D eigenvalue weighted by Gasteiger charge is 2.26. The molecule has 1 aromatic carbocycles. The standard InChI is InChI=1S/C25H30O5/c1-5-7-8-9-10-11-18-28-22-15-12-21(13-16-22)14-17-23(26)29-19-20-30-24(27)25(3,4)6-2/h5,7-18H,1,6,19-20H2,2-4H3/b8-7+,10-9+,17-14+,18-11+. The molecule has 0 spiro atoms. The molecule has 5 nitrogen and oxygen atoms in total. The van der Waals surface area contributed by atoms with Gasteiger partial charge in [0.25, 0.3) is 0 Å². The molecule has 0 aromatic heterocycles. The zero-order valence-corrected chi connectivity index (χ0v) is 17.9. The molecule has 5 heteroatoms. The van der Waals surface area contributed by atoms with E-state index in [9.17, 15) is 9.59 Å². The van der Waals surface area contributed by atoms with Gasteiger partial charge in [0.1, 0.15) is 19.0 Å². The number of ether oxygens (including phenoxy) is 3. The Balaban J connectivity index is 2.35. The van der Waals surface area contributed by atoms with Crippen molar-refractivity contribution in [3.05, 3.63) is 85.2 Å². The molecular weight excluding hydrogens is 380 g/mol. The lowest BCUT2D eigenvalue weighted by Gasteiger charge is -2.20. The van der Waals surface area contributed by atoms with Gasteiger partial charge in [-0.05, 0) is 50.1 Å². The Kier molecular flexibility index (Phi) is 11.3. The Morgan fingerprint density at radius 1 is 0.967 bits per heavy atom. The molecule has 0 saturated heterocycles. The third-order valence-corrected chi connectivity index (χ3v) is 4.15. The average Bonchev–Trinajstić information content (AvgIpc) is 2.75. The second-order valence-electron chi connectivity index (χ2n) is 6.90. The number of hydrogen-bond acceptors (Lipinski definition) is 5. The van der Waals surface area contributed by atoms with E-state index in [0.717, 1.165) is 5.56 Å². The molecule has 0 aliphatic heterocycles. The summed E-state index contributed by atoms with van der Waals surface area (Å²) in [5, 5.41) is 0. The first-order valence-corrected chi connectivity index (χ1v) is 9.78. The number of hydrogen-bond donors (Lipinski definition) is 0. The van der Waals surface area contributed by atoms with Crippen molar-refractivity contribution in [1.82, 2.24) is 0 Å². The summed E-state index contributed by atoms with van der Waals surface area (Å²) in [6.07, 6.45) is 16.1.